The molecular formula is C12H13BrO4. The average molecular weight is 301 g/mol. The zero-order valence-electron chi connectivity index (χ0n) is 9.82. The van der Waals surface area contributed by atoms with E-state index in [2.05, 4.69) is 20.7 Å². The van der Waals surface area contributed by atoms with Gasteiger partial charge in [-0.1, -0.05) is 15.9 Å². The molecular weight excluding hydrogens is 288 g/mol. The molecule has 92 valence electrons. The third-order valence-corrected chi connectivity index (χ3v) is 2.72. The summed E-state index contributed by atoms with van der Waals surface area (Å²) in [5.41, 5.74) is 0.287. The molecule has 1 unspecified atom stereocenters. The van der Waals surface area contributed by atoms with E-state index in [1.807, 2.05) is 0 Å². The first-order valence-corrected chi connectivity index (χ1v) is 5.80. The van der Waals surface area contributed by atoms with Crippen molar-refractivity contribution in [2.75, 3.05) is 7.11 Å². The fourth-order valence-electron chi connectivity index (χ4n) is 1.15. The number of methoxy groups -OCH3 is 1. The molecule has 0 amide bonds. The van der Waals surface area contributed by atoms with Gasteiger partial charge in [0.25, 0.3) is 0 Å². The number of esters is 1. The third kappa shape index (κ3) is 3.56. The first-order chi connectivity index (χ1) is 7.95. The van der Waals surface area contributed by atoms with Crippen molar-refractivity contribution in [1.29, 1.82) is 0 Å². The quantitative estimate of drug-likeness (QED) is 0.802. The molecule has 0 aliphatic carbocycles. The number of benzene rings is 1. The van der Waals surface area contributed by atoms with Crippen LogP contribution >= 0.6 is 15.9 Å². The van der Waals surface area contributed by atoms with Crippen LogP contribution in [0.1, 0.15) is 24.2 Å². The molecule has 0 N–H and O–H groups in total. The molecule has 1 rings (SSSR count). The number of ether oxygens (including phenoxy) is 2. The number of Topliss-reactive ketones (excluding diaryl/α,β-unsaturated/α-hetero) is 1. The largest absolute Gasteiger partial charge is 0.482 e. The maximum Gasteiger partial charge on any atom is 0.341 e. The molecule has 0 bridgehead atoms. The van der Waals surface area contributed by atoms with Gasteiger partial charge >= 0.3 is 5.97 Å². The number of ketones is 1. The van der Waals surface area contributed by atoms with E-state index >= 15 is 0 Å². The van der Waals surface area contributed by atoms with Gasteiger partial charge in [-0.2, -0.15) is 0 Å². The van der Waals surface area contributed by atoms with Crippen LogP contribution in [-0.4, -0.2) is 25.0 Å². The number of rotatable bonds is 4. The highest BCUT2D eigenvalue weighted by Gasteiger charge is 2.17. The highest BCUT2D eigenvalue weighted by atomic mass is 79.9. The maximum atomic E-state index is 11.5. The lowest BCUT2D eigenvalue weighted by molar-refractivity contribution is -0.122. The first kappa shape index (κ1) is 13.7. The predicted octanol–water partition coefficient (Wildman–Crippen LogP) is 2.59. The maximum absolute atomic E-state index is 11.5. The molecule has 17 heavy (non-hydrogen) atoms. The number of halogens is 1. The lowest BCUT2D eigenvalue weighted by Gasteiger charge is -2.14. The molecule has 0 fully saturated rings. The molecule has 1 aromatic rings. The van der Waals surface area contributed by atoms with Crippen LogP contribution in [0.4, 0.5) is 0 Å². The molecule has 0 aliphatic rings. The van der Waals surface area contributed by atoms with Crippen LogP contribution in [-0.2, 0) is 9.53 Å². The Morgan fingerprint density at radius 3 is 2.53 bits per heavy atom. The Balaban J connectivity index is 3.06. The fraction of sp³-hybridized carbons (Fsp3) is 0.333. The van der Waals surface area contributed by atoms with Gasteiger partial charge in [-0.05, 0) is 32.0 Å². The van der Waals surface area contributed by atoms with Crippen molar-refractivity contribution in [2.24, 2.45) is 0 Å². The minimum absolute atomic E-state index is 0.108. The number of carbonyl (C=O) groups is 2. The van der Waals surface area contributed by atoms with Crippen molar-refractivity contribution >= 4 is 27.7 Å². The summed E-state index contributed by atoms with van der Waals surface area (Å²) in [6, 6.07) is 4.94. The van der Waals surface area contributed by atoms with Gasteiger partial charge in [-0.25, -0.2) is 4.79 Å². The minimum Gasteiger partial charge on any atom is -0.482 e. The standard InChI is InChI=1S/C12H13BrO4/c1-7(14)8(2)17-11-5-4-9(13)6-10(11)12(15)16-3/h4-6,8H,1-3H3. The van der Waals surface area contributed by atoms with Crippen LogP contribution in [0.5, 0.6) is 5.75 Å². The molecule has 4 nitrogen and oxygen atoms in total. The van der Waals surface area contributed by atoms with Gasteiger partial charge in [0.1, 0.15) is 11.3 Å². The summed E-state index contributed by atoms with van der Waals surface area (Å²) in [4.78, 5) is 22.6. The monoisotopic (exact) mass is 300 g/mol. The summed E-state index contributed by atoms with van der Waals surface area (Å²) < 4.78 is 10.8. The van der Waals surface area contributed by atoms with Gasteiger partial charge in [0.05, 0.1) is 7.11 Å². The molecule has 0 aliphatic heterocycles. The predicted molar refractivity (Wildman–Crippen MR) is 66.3 cm³/mol. The first-order valence-electron chi connectivity index (χ1n) is 5.00. The van der Waals surface area contributed by atoms with E-state index < -0.39 is 12.1 Å². The average Bonchev–Trinajstić information content (AvgIpc) is 2.30. The molecule has 5 heteroatoms. The highest BCUT2D eigenvalue weighted by molar-refractivity contribution is 9.10. The zero-order valence-corrected chi connectivity index (χ0v) is 11.4. The van der Waals surface area contributed by atoms with Crippen molar-refractivity contribution in [3.8, 4) is 5.75 Å². The highest BCUT2D eigenvalue weighted by Crippen LogP contribution is 2.25. The van der Waals surface area contributed by atoms with Gasteiger partial charge in [-0.15, -0.1) is 0 Å². The van der Waals surface area contributed by atoms with Crippen molar-refractivity contribution < 1.29 is 19.1 Å². The van der Waals surface area contributed by atoms with E-state index in [1.54, 1.807) is 25.1 Å². The smallest absolute Gasteiger partial charge is 0.341 e. The molecule has 0 radical (unpaired) electrons. The third-order valence-electron chi connectivity index (χ3n) is 2.22. The molecule has 1 atom stereocenters. The van der Waals surface area contributed by atoms with Crippen molar-refractivity contribution in [3.05, 3.63) is 28.2 Å². The molecule has 1 aromatic carbocycles. The van der Waals surface area contributed by atoms with E-state index in [-0.39, 0.29) is 11.3 Å². The molecule has 0 heterocycles. The molecule has 0 saturated heterocycles. The Hall–Kier alpha value is -1.36. The van der Waals surface area contributed by atoms with Crippen LogP contribution in [0.15, 0.2) is 22.7 Å². The molecule has 0 saturated carbocycles. The van der Waals surface area contributed by atoms with Crippen molar-refractivity contribution in [2.45, 2.75) is 20.0 Å². The summed E-state index contributed by atoms with van der Waals surface area (Å²) in [6.07, 6.45) is -0.598. The molecule has 0 aromatic heterocycles. The minimum atomic E-state index is -0.598. The Labute approximate surface area is 108 Å². The topological polar surface area (TPSA) is 52.6 Å². The molecule has 0 spiro atoms. The van der Waals surface area contributed by atoms with Gasteiger partial charge in [-0.3, -0.25) is 4.79 Å². The van der Waals surface area contributed by atoms with Crippen molar-refractivity contribution in [1.82, 2.24) is 0 Å². The van der Waals surface area contributed by atoms with E-state index in [4.69, 9.17) is 4.74 Å². The Morgan fingerprint density at radius 1 is 1.35 bits per heavy atom. The number of carbonyl (C=O) groups excluding carboxylic acids is 2. The number of hydrogen-bond acceptors (Lipinski definition) is 4. The lowest BCUT2D eigenvalue weighted by Crippen LogP contribution is -2.22. The Morgan fingerprint density at radius 2 is 2.00 bits per heavy atom. The second kappa shape index (κ2) is 5.82. The summed E-state index contributed by atoms with van der Waals surface area (Å²) in [7, 11) is 1.29. The van der Waals surface area contributed by atoms with E-state index in [9.17, 15) is 9.59 Å². The van der Waals surface area contributed by atoms with Crippen LogP contribution in [0, 0.1) is 0 Å². The normalized spacial score (nSPS) is 11.8. The Kier molecular flexibility index (Phi) is 4.69. The number of hydrogen-bond donors (Lipinski definition) is 0. The van der Waals surface area contributed by atoms with E-state index in [0.29, 0.717) is 5.75 Å². The van der Waals surface area contributed by atoms with Crippen LogP contribution in [0.3, 0.4) is 0 Å². The van der Waals surface area contributed by atoms with Gasteiger partial charge in [0.15, 0.2) is 11.9 Å². The van der Waals surface area contributed by atoms with Gasteiger partial charge < -0.3 is 9.47 Å². The summed E-state index contributed by atoms with van der Waals surface area (Å²) in [5.74, 6) is -0.275. The van der Waals surface area contributed by atoms with Gasteiger partial charge in [0, 0.05) is 4.47 Å². The van der Waals surface area contributed by atoms with Crippen LogP contribution < -0.4 is 4.74 Å². The summed E-state index contributed by atoms with van der Waals surface area (Å²) >= 11 is 3.26. The second-order valence-corrected chi connectivity index (χ2v) is 4.42. The SMILES string of the molecule is COC(=O)c1cc(Br)ccc1OC(C)C(C)=O. The second-order valence-electron chi connectivity index (χ2n) is 3.50. The van der Waals surface area contributed by atoms with Gasteiger partial charge in [0.2, 0.25) is 0 Å². The van der Waals surface area contributed by atoms with E-state index in [1.165, 1.54) is 14.0 Å². The van der Waals surface area contributed by atoms with Crippen LogP contribution in [0.25, 0.3) is 0 Å². The zero-order chi connectivity index (χ0) is 13.0. The summed E-state index contributed by atoms with van der Waals surface area (Å²) in [6.45, 7) is 3.06. The Bertz CT molecular complexity index is 442. The fourth-order valence-corrected chi connectivity index (χ4v) is 1.51. The van der Waals surface area contributed by atoms with Crippen molar-refractivity contribution in [3.63, 3.8) is 0 Å². The summed E-state index contributed by atoms with van der Waals surface area (Å²) in [5, 5.41) is 0. The van der Waals surface area contributed by atoms with E-state index in [0.717, 1.165) is 4.47 Å². The van der Waals surface area contributed by atoms with Crippen LogP contribution in [0.2, 0.25) is 0 Å². The lowest BCUT2D eigenvalue weighted by atomic mass is 10.2.